The number of hydrogen-bond donors (Lipinski definition) is 1. The van der Waals surface area contributed by atoms with E-state index in [2.05, 4.69) is 0 Å². The van der Waals surface area contributed by atoms with Crippen molar-refractivity contribution in [1.82, 2.24) is 0 Å². The summed E-state index contributed by atoms with van der Waals surface area (Å²) >= 11 is 5.64. The molecule has 0 saturated heterocycles. The van der Waals surface area contributed by atoms with Crippen LogP contribution in [0.3, 0.4) is 0 Å². The Bertz CT molecular complexity index is 368. The molecule has 0 amide bonds. The maximum absolute atomic E-state index is 14.0. The molecule has 0 bridgehead atoms. The molecule has 0 aliphatic rings. The summed E-state index contributed by atoms with van der Waals surface area (Å²) in [6.07, 6.45) is -1.08. The first-order valence-corrected chi connectivity index (χ1v) is 6.11. The lowest BCUT2D eigenvalue weighted by atomic mass is 9.88. The van der Waals surface area contributed by atoms with Gasteiger partial charge >= 0.3 is 0 Å². The molecule has 0 heterocycles. The van der Waals surface area contributed by atoms with Gasteiger partial charge in [-0.05, 0) is 30.2 Å². The number of halogens is 3. The molecule has 1 nitrogen and oxygen atoms in total. The van der Waals surface area contributed by atoms with Crippen LogP contribution in [0.4, 0.5) is 8.78 Å². The fraction of sp³-hybridized carbons (Fsp3) is 0.538. The zero-order chi connectivity index (χ0) is 13.0. The Morgan fingerprint density at radius 1 is 1.35 bits per heavy atom. The number of hydrogen-bond acceptors (Lipinski definition) is 1. The lowest BCUT2D eigenvalue weighted by molar-refractivity contribution is 0.184. The normalized spacial score (nSPS) is 15.0. The van der Waals surface area contributed by atoms with E-state index in [4.69, 9.17) is 17.3 Å². The molecule has 2 unspecified atom stereocenters. The number of rotatable bonds is 5. The van der Waals surface area contributed by atoms with Gasteiger partial charge in [-0.25, -0.2) is 8.78 Å². The van der Waals surface area contributed by atoms with Crippen LogP contribution in [-0.2, 0) is 6.42 Å². The Balaban J connectivity index is 2.76. The molecule has 17 heavy (non-hydrogen) atoms. The Morgan fingerprint density at radius 2 is 2.00 bits per heavy atom. The van der Waals surface area contributed by atoms with Crippen LogP contribution in [0.1, 0.15) is 19.4 Å². The van der Waals surface area contributed by atoms with Crippen molar-refractivity contribution in [2.24, 2.45) is 17.6 Å². The molecule has 2 N–H and O–H groups in total. The van der Waals surface area contributed by atoms with E-state index in [1.165, 1.54) is 12.1 Å². The standard InChI is InChI=1S/C13H18ClF2N/c1-8(2)11(7-17)13(16)5-9-3-4-10(14)6-12(9)15/h3-4,6,8,11,13H,5,7,17H2,1-2H3. The summed E-state index contributed by atoms with van der Waals surface area (Å²) < 4.78 is 27.5. The molecule has 0 aliphatic heterocycles. The van der Waals surface area contributed by atoms with Gasteiger partial charge in [0.25, 0.3) is 0 Å². The highest BCUT2D eigenvalue weighted by Gasteiger charge is 2.24. The molecule has 96 valence electrons. The molecule has 0 saturated carbocycles. The fourth-order valence-electron chi connectivity index (χ4n) is 1.89. The molecule has 0 aliphatic carbocycles. The van der Waals surface area contributed by atoms with Crippen LogP contribution in [0.15, 0.2) is 18.2 Å². The molecule has 0 aromatic heterocycles. The van der Waals surface area contributed by atoms with E-state index in [9.17, 15) is 8.78 Å². The van der Waals surface area contributed by atoms with E-state index in [1.54, 1.807) is 6.07 Å². The van der Waals surface area contributed by atoms with Gasteiger partial charge in [-0.1, -0.05) is 31.5 Å². The van der Waals surface area contributed by atoms with Crippen molar-refractivity contribution in [2.75, 3.05) is 6.54 Å². The largest absolute Gasteiger partial charge is 0.330 e. The zero-order valence-corrected chi connectivity index (χ0v) is 10.8. The first kappa shape index (κ1) is 14.4. The predicted molar refractivity (Wildman–Crippen MR) is 67.4 cm³/mol. The van der Waals surface area contributed by atoms with Crippen LogP contribution in [-0.4, -0.2) is 12.7 Å². The van der Waals surface area contributed by atoms with Gasteiger partial charge in [0.2, 0.25) is 0 Å². The third kappa shape index (κ3) is 3.93. The molecular weight excluding hydrogens is 244 g/mol. The first-order valence-electron chi connectivity index (χ1n) is 5.73. The molecule has 0 spiro atoms. The van der Waals surface area contributed by atoms with E-state index in [1.807, 2.05) is 13.8 Å². The van der Waals surface area contributed by atoms with E-state index in [0.717, 1.165) is 0 Å². The molecule has 1 aromatic rings. The van der Waals surface area contributed by atoms with Crippen LogP contribution >= 0.6 is 11.6 Å². The Kier molecular flexibility index (Phi) is 5.34. The second-order valence-electron chi connectivity index (χ2n) is 4.60. The highest BCUT2D eigenvalue weighted by Crippen LogP contribution is 2.23. The van der Waals surface area contributed by atoms with E-state index >= 15 is 0 Å². The van der Waals surface area contributed by atoms with Crippen molar-refractivity contribution < 1.29 is 8.78 Å². The summed E-state index contributed by atoms with van der Waals surface area (Å²) in [6.45, 7) is 4.11. The minimum Gasteiger partial charge on any atom is -0.330 e. The van der Waals surface area contributed by atoms with Crippen LogP contribution in [0.25, 0.3) is 0 Å². The average Bonchev–Trinajstić information content (AvgIpc) is 2.22. The molecular formula is C13H18ClF2N. The van der Waals surface area contributed by atoms with Crippen molar-refractivity contribution in [1.29, 1.82) is 0 Å². The molecule has 4 heteroatoms. The summed E-state index contributed by atoms with van der Waals surface area (Å²) in [5, 5.41) is 0.320. The monoisotopic (exact) mass is 261 g/mol. The molecule has 1 aromatic carbocycles. The van der Waals surface area contributed by atoms with Crippen molar-refractivity contribution in [3.63, 3.8) is 0 Å². The van der Waals surface area contributed by atoms with Crippen LogP contribution in [0, 0.1) is 17.7 Å². The van der Waals surface area contributed by atoms with Crippen molar-refractivity contribution in [3.8, 4) is 0 Å². The van der Waals surface area contributed by atoms with E-state index in [-0.39, 0.29) is 24.8 Å². The van der Waals surface area contributed by atoms with Crippen LogP contribution < -0.4 is 5.73 Å². The summed E-state index contributed by atoms with van der Waals surface area (Å²) in [4.78, 5) is 0. The van der Waals surface area contributed by atoms with Gasteiger partial charge < -0.3 is 5.73 Å². The maximum atomic E-state index is 14.0. The van der Waals surface area contributed by atoms with Gasteiger partial charge in [-0.3, -0.25) is 0 Å². The molecule has 0 fully saturated rings. The summed E-state index contributed by atoms with van der Waals surface area (Å²) in [5.74, 6) is -0.560. The molecule has 1 rings (SSSR count). The SMILES string of the molecule is CC(C)C(CN)C(F)Cc1ccc(Cl)cc1F. The quantitative estimate of drug-likeness (QED) is 0.861. The van der Waals surface area contributed by atoms with Gasteiger partial charge in [-0.2, -0.15) is 0 Å². The molecule has 2 atom stereocenters. The Hall–Kier alpha value is -0.670. The number of nitrogens with two attached hydrogens (primary N) is 1. The third-order valence-corrected chi connectivity index (χ3v) is 3.26. The van der Waals surface area contributed by atoms with Crippen LogP contribution in [0.5, 0.6) is 0 Å². The fourth-order valence-corrected chi connectivity index (χ4v) is 2.04. The van der Waals surface area contributed by atoms with Gasteiger partial charge in [-0.15, -0.1) is 0 Å². The van der Waals surface area contributed by atoms with Gasteiger partial charge in [0.05, 0.1) is 0 Å². The summed E-state index contributed by atoms with van der Waals surface area (Å²) in [7, 11) is 0. The average molecular weight is 262 g/mol. The van der Waals surface area contributed by atoms with Crippen molar-refractivity contribution >= 4 is 11.6 Å². The zero-order valence-electron chi connectivity index (χ0n) is 10.1. The first-order chi connectivity index (χ1) is 7.95. The second kappa shape index (κ2) is 6.31. The van der Waals surface area contributed by atoms with Gasteiger partial charge in [0.15, 0.2) is 0 Å². The number of alkyl halides is 1. The molecule has 0 radical (unpaired) electrons. The third-order valence-electron chi connectivity index (χ3n) is 3.02. The Labute approximate surface area is 106 Å². The smallest absolute Gasteiger partial charge is 0.127 e. The van der Waals surface area contributed by atoms with Crippen molar-refractivity contribution in [3.05, 3.63) is 34.6 Å². The van der Waals surface area contributed by atoms with E-state index in [0.29, 0.717) is 10.6 Å². The van der Waals surface area contributed by atoms with Gasteiger partial charge in [0, 0.05) is 17.4 Å². The highest BCUT2D eigenvalue weighted by molar-refractivity contribution is 6.30. The van der Waals surface area contributed by atoms with Crippen molar-refractivity contribution in [2.45, 2.75) is 26.4 Å². The summed E-state index contributed by atoms with van der Waals surface area (Å²) in [5.41, 5.74) is 5.88. The lowest BCUT2D eigenvalue weighted by Gasteiger charge is -2.23. The Morgan fingerprint density at radius 3 is 2.47 bits per heavy atom. The maximum Gasteiger partial charge on any atom is 0.127 e. The van der Waals surface area contributed by atoms with Crippen LogP contribution in [0.2, 0.25) is 5.02 Å². The second-order valence-corrected chi connectivity index (χ2v) is 5.04. The lowest BCUT2D eigenvalue weighted by Crippen LogP contribution is -2.31. The summed E-state index contributed by atoms with van der Waals surface area (Å²) in [6, 6.07) is 4.30. The van der Waals surface area contributed by atoms with Gasteiger partial charge in [0.1, 0.15) is 12.0 Å². The minimum absolute atomic E-state index is 0.0447. The highest BCUT2D eigenvalue weighted by atomic mass is 35.5. The van der Waals surface area contributed by atoms with E-state index < -0.39 is 12.0 Å². The topological polar surface area (TPSA) is 26.0 Å². The minimum atomic E-state index is -1.13. The predicted octanol–water partition coefficient (Wildman–Crippen LogP) is 3.59. The number of benzene rings is 1.